The molecule has 2 fully saturated rings. The second-order valence-corrected chi connectivity index (χ2v) is 11.1. The number of hydrogen-bond donors (Lipinski definition) is 1. The minimum Gasteiger partial charge on any atom is -0.444 e. The number of halogens is 1. The van der Waals surface area contributed by atoms with E-state index in [9.17, 15) is 14.3 Å². The first-order chi connectivity index (χ1) is 15.8. The van der Waals surface area contributed by atoms with Gasteiger partial charge in [0.1, 0.15) is 17.5 Å². The molecular weight excluding hydrogens is 439 g/mol. The number of ether oxygens (including phenoxy) is 3. The van der Waals surface area contributed by atoms with Crippen molar-refractivity contribution in [3.8, 4) is 0 Å². The third-order valence-corrected chi connectivity index (χ3v) is 6.30. The van der Waals surface area contributed by atoms with E-state index in [0.717, 1.165) is 25.1 Å². The lowest BCUT2D eigenvalue weighted by molar-refractivity contribution is -0.167. The summed E-state index contributed by atoms with van der Waals surface area (Å²) in [7, 11) is 2.05. The van der Waals surface area contributed by atoms with Gasteiger partial charge in [-0.1, -0.05) is 12.1 Å². The zero-order chi connectivity index (χ0) is 25.1. The molecule has 34 heavy (non-hydrogen) atoms. The molecule has 1 N–H and O–H groups in total. The highest BCUT2D eigenvalue weighted by Gasteiger charge is 2.53. The summed E-state index contributed by atoms with van der Waals surface area (Å²) in [5.74, 6) is -0.728. The van der Waals surface area contributed by atoms with Crippen LogP contribution in [0.4, 0.5) is 9.18 Å². The van der Waals surface area contributed by atoms with Crippen LogP contribution in [-0.4, -0.2) is 83.9 Å². The number of carbonyl (C=O) groups excluding carboxylic acids is 1. The molecule has 1 amide bonds. The molecule has 4 atom stereocenters. The van der Waals surface area contributed by atoms with Gasteiger partial charge in [-0.15, -0.1) is 0 Å². The lowest BCUT2D eigenvalue weighted by atomic mass is 10.0. The summed E-state index contributed by atoms with van der Waals surface area (Å²) in [6, 6.07) is 6.37. The number of carbonyl (C=O) groups is 1. The number of amides is 1. The smallest absolute Gasteiger partial charge is 0.410 e. The molecule has 0 spiro atoms. The van der Waals surface area contributed by atoms with Gasteiger partial charge in [0.05, 0.1) is 12.2 Å². The van der Waals surface area contributed by atoms with Crippen LogP contribution in [-0.2, 0) is 20.6 Å². The van der Waals surface area contributed by atoms with Gasteiger partial charge in [0.2, 0.25) is 0 Å². The van der Waals surface area contributed by atoms with Crippen LogP contribution in [0.25, 0.3) is 0 Å². The Hall–Kier alpha value is -1.74. The Morgan fingerprint density at radius 2 is 1.79 bits per heavy atom. The molecule has 0 aromatic heterocycles. The summed E-state index contributed by atoms with van der Waals surface area (Å²) in [5, 5.41) is 10.4. The van der Waals surface area contributed by atoms with E-state index in [1.54, 1.807) is 17.0 Å². The lowest BCUT2D eigenvalue weighted by Crippen LogP contribution is -2.40. The summed E-state index contributed by atoms with van der Waals surface area (Å²) >= 11 is 0. The fraction of sp³-hybridized carbons (Fsp3) is 0.731. The van der Waals surface area contributed by atoms with Crippen LogP contribution in [0.15, 0.2) is 24.3 Å². The second kappa shape index (κ2) is 10.9. The van der Waals surface area contributed by atoms with E-state index in [0.29, 0.717) is 25.9 Å². The van der Waals surface area contributed by atoms with Crippen LogP contribution < -0.4 is 0 Å². The minimum atomic E-state index is -0.661. The van der Waals surface area contributed by atoms with Gasteiger partial charge in [-0.3, -0.25) is 0 Å². The topological polar surface area (TPSA) is 71.5 Å². The lowest BCUT2D eigenvalue weighted by Gasteiger charge is -2.29. The molecule has 1 heterocycles. The van der Waals surface area contributed by atoms with Gasteiger partial charge in [0.15, 0.2) is 5.79 Å². The normalized spacial score (nSPS) is 26.0. The molecule has 1 aromatic rings. The molecule has 8 heteroatoms. The monoisotopic (exact) mass is 480 g/mol. The fourth-order valence-electron chi connectivity index (χ4n) is 4.80. The Balaban J connectivity index is 1.50. The molecular formula is C26H41FN2O5. The van der Waals surface area contributed by atoms with E-state index in [1.807, 2.05) is 34.6 Å². The van der Waals surface area contributed by atoms with E-state index in [1.165, 1.54) is 12.1 Å². The maximum Gasteiger partial charge on any atom is 0.410 e. The van der Waals surface area contributed by atoms with E-state index in [4.69, 9.17) is 14.2 Å². The largest absolute Gasteiger partial charge is 0.444 e. The van der Waals surface area contributed by atoms with Crippen molar-refractivity contribution in [2.45, 2.75) is 83.6 Å². The van der Waals surface area contributed by atoms with Gasteiger partial charge in [0, 0.05) is 25.6 Å². The van der Waals surface area contributed by atoms with Crippen molar-refractivity contribution in [1.82, 2.24) is 9.80 Å². The molecule has 3 rings (SSSR count). The standard InChI is InChI=1S/C26H41FN2O5/c1-25(2,3)34-24(31)29(15-12-18-8-10-20(27)11-9-18)14-7-13-28(6)17-19-16-21(30)23-22(19)32-26(4,5)33-23/h8-11,19,21-23,30H,7,12-17H2,1-6H3/t19-,21+,22-,23+/m1/s1. The van der Waals surface area contributed by atoms with Gasteiger partial charge in [-0.25, -0.2) is 9.18 Å². The molecule has 0 bridgehead atoms. The number of aliphatic hydroxyl groups is 1. The summed E-state index contributed by atoms with van der Waals surface area (Å²) in [6.07, 6.45) is 0.884. The van der Waals surface area contributed by atoms with E-state index in [-0.39, 0.29) is 30.0 Å². The minimum absolute atomic E-state index is 0.0959. The van der Waals surface area contributed by atoms with Gasteiger partial charge >= 0.3 is 6.09 Å². The third-order valence-electron chi connectivity index (χ3n) is 6.30. The van der Waals surface area contributed by atoms with Crippen molar-refractivity contribution in [3.05, 3.63) is 35.6 Å². The predicted octanol–water partition coefficient (Wildman–Crippen LogP) is 3.83. The van der Waals surface area contributed by atoms with Crippen LogP contribution in [0.2, 0.25) is 0 Å². The van der Waals surface area contributed by atoms with Crippen molar-refractivity contribution in [3.63, 3.8) is 0 Å². The summed E-state index contributed by atoms with van der Waals surface area (Å²) < 4.78 is 30.7. The van der Waals surface area contributed by atoms with Crippen LogP contribution in [0.1, 0.15) is 53.0 Å². The average molecular weight is 481 g/mol. The Kier molecular flexibility index (Phi) is 8.61. The summed E-state index contributed by atoms with van der Waals surface area (Å²) in [5.41, 5.74) is 0.405. The number of nitrogens with zero attached hydrogens (tertiary/aromatic N) is 2. The first kappa shape index (κ1) is 26.9. The number of rotatable bonds is 9. The molecule has 1 saturated heterocycles. The van der Waals surface area contributed by atoms with Crippen molar-refractivity contribution in [1.29, 1.82) is 0 Å². The van der Waals surface area contributed by atoms with Crippen LogP contribution in [0.5, 0.6) is 0 Å². The first-order valence-corrected chi connectivity index (χ1v) is 12.3. The van der Waals surface area contributed by atoms with E-state index < -0.39 is 17.5 Å². The maximum absolute atomic E-state index is 13.2. The summed E-state index contributed by atoms with van der Waals surface area (Å²) in [4.78, 5) is 16.7. The number of aliphatic hydroxyl groups excluding tert-OH is 1. The zero-order valence-corrected chi connectivity index (χ0v) is 21.4. The highest BCUT2D eigenvalue weighted by atomic mass is 19.1. The van der Waals surface area contributed by atoms with Gasteiger partial charge < -0.3 is 29.1 Å². The second-order valence-electron chi connectivity index (χ2n) is 11.1. The average Bonchev–Trinajstić information content (AvgIpc) is 3.18. The number of hydrogen-bond acceptors (Lipinski definition) is 6. The highest BCUT2D eigenvalue weighted by molar-refractivity contribution is 5.68. The molecule has 7 nitrogen and oxygen atoms in total. The Labute approximate surface area is 203 Å². The maximum atomic E-state index is 13.2. The molecule has 0 unspecified atom stereocenters. The van der Waals surface area contributed by atoms with Crippen molar-refractivity contribution in [2.75, 3.05) is 33.2 Å². The Morgan fingerprint density at radius 3 is 2.44 bits per heavy atom. The van der Waals surface area contributed by atoms with Crippen molar-refractivity contribution < 1.29 is 28.5 Å². The van der Waals surface area contributed by atoms with Gasteiger partial charge in [-0.2, -0.15) is 0 Å². The van der Waals surface area contributed by atoms with Gasteiger partial charge in [0.25, 0.3) is 0 Å². The summed E-state index contributed by atoms with van der Waals surface area (Å²) in [6.45, 7) is 12.0. The Morgan fingerprint density at radius 1 is 1.15 bits per heavy atom. The molecule has 1 aliphatic carbocycles. The predicted molar refractivity (Wildman–Crippen MR) is 128 cm³/mol. The first-order valence-electron chi connectivity index (χ1n) is 12.3. The highest BCUT2D eigenvalue weighted by Crippen LogP contribution is 2.41. The van der Waals surface area contributed by atoms with Crippen LogP contribution in [0.3, 0.4) is 0 Å². The molecule has 1 saturated carbocycles. The van der Waals surface area contributed by atoms with Gasteiger partial charge in [-0.05, 0) is 85.2 Å². The number of fused-ring (bicyclic) bond motifs is 1. The van der Waals surface area contributed by atoms with E-state index >= 15 is 0 Å². The number of benzene rings is 1. The van der Waals surface area contributed by atoms with Crippen molar-refractivity contribution >= 4 is 6.09 Å². The van der Waals surface area contributed by atoms with Crippen molar-refractivity contribution in [2.24, 2.45) is 5.92 Å². The molecule has 0 radical (unpaired) electrons. The Bertz CT molecular complexity index is 810. The molecule has 2 aliphatic rings. The molecule has 1 aliphatic heterocycles. The molecule has 1 aromatic carbocycles. The fourth-order valence-corrected chi connectivity index (χ4v) is 4.80. The quantitative estimate of drug-likeness (QED) is 0.579. The zero-order valence-electron chi connectivity index (χ0n) is 21.4. The SMILES string of the molecule is CN(CCCN(CCc1ccc(F)cc1)C(=O)OC(C)(C)C)C[C@H]1C[C@H](O)[C@@H]2OC(C)(C)O[C@H]12. The molecule has 192 valence electrons. The van der Waals surface area contributed by atoms with E-state index in [2.05, 4.69) is 11.9 Å². The van der Waals surface area contributed by atoms with Crippen LogP contribution >= 0.6 is 0 Å². The van der Waals surface area contributed by atoms with Crippen LogP contribution in [0, 0.1) is 11.7 Å². The third kappa shape index (κ3) is 7.63.